The van der Waals surface area contributed by atoms with Gasteiger partial charge in [0.05, 0.1) is 6.61 Å². The monoisotopic (exact) mass is 233 g/mol. The molecule has 92 valence electrons. The average Bonchev–Trinajstić information content (AvgIpc) is 2.40. The normalized spacial score (nSPS) is 19.9. The van der Waals surface area contributed by atoms with E-state index < -0.39 is 0 Å². The van der Waals surface area contributed by atoms with Gasteiger partial charge in [-0.2, -0.15) is 0 Å². The fourth-order valence-electron chi connectivity index (χ4n) is 2.19. The summed E-state index contributed by atoms with van der Waals surface area (Å²) < 4.78 is 5.36. The van der Waals surface area contributed by atoms with Gasteiger partial charge >= 0.3 is 0 Å². The summed E-state index contributed by atoms with van der Waals surface area (Å²) in [6.45, 7) is 4.45. The average molecular weight is 233 g/mol. The molecule has 1 aliphatic rings. The van der Waals surface area contributed by atoms with E-state index in [9.17, 15) is 4.79 Å². The van der Waals surface area contributed by atoms with Gasteiger partial charge in [-0.25, -0.2) is 0 Å². The molecular weight excluding hydrogens is 214 g/mol. The van der Waals surface area contributed by atoms with Gasteiger partial charge in [0.25, 0.3) is 0 Å². The summed E-state index contributed by atoms with van der Waals surface area (Å²) in [5.41, 5.74) is 0.794. The lowest BCUT2D eigenvalue weighted by molar-refractivity contribution is 0.0899. The molecule has 0 amide bonds. The van der Waals surface area contributed by atoms with Crippen LogP contribution in [-0.4, -0.2) is 25.5 Å². The number of carbonyl (C=O) groups excluding carboxylic acids is 1. The number of nitrogens with one attached hydrogen (secondary N) is 1. The molecule has 2 rings (SSSR count). The number of carbonyl (C=O) groups is 1. The topological polar surface area (TPSA) is 38.3 Å². The fourth-order valence-corrected chi connectivity index (χ4v) is 2.19. The second kappa shape index (κ2) is 5.82. The van der Waals surface area contributed by atoms with Gasteiger partial charge < -0.3 is 10.1 Å². The first-order valence-electron chi connectivity index (χ1n) is 6.29. The van der Waals surface area contributed by atoms with Crippen molar-refractivity contribution < 1.29 is 9.53 Å². The molecule has 1 fully saturated rings. The van der Waals surface area contributed by atoms with E-state index in [0.717, 1.165) is 37.2 Å². The van der Waals surface area contributed by atoms with E-state index in [1.165, 1.54) is 0 Å². The summed E-state index contributed by atoms with van der Waals surface area (Å²) >= 11 is 0. The van der Waals surface area contributed by atoms with Gasteiger partial charge in [0.15, 0.2) is 5.78 Å². The van der Waals surface area contributed by atoms with Crippen LogP contribution in [0.1, 0.15) is 30.1 Å². The third-order valence-corrected chi connectivity index (χ3v) is 3.12. The molecule has 1 atom stereocenters. The molecule has 0 aromatic heterocycles. The largest absolute Gasteiger partial charge is 0.494 e. The van der Waals surface area contributed by atoms with Crippen molar-refractivity contribution in [3.05, 3.63) is 29.8 Å². The molecule has 1 unspecified atom stereocenters. The van der Waals surface area contributed by atoms with Crippen LogP contribution < -0.4 is 10.1 Å². The highest BCUT2D eigenvalue weighted by Gasteiger charge is 2.21. The number of ketones is 1. The Balaban J connectivity index is 2.03. The number of rotatable bonds is 4. The van der Waals surface area contributed by atoms with Crippen LogP contribution in [-0.2, 0) is 0 Å². The Morgan fingerprint density at radius 3 is 2.76 bits per heavy atom. The summed E-state index contributed by atoms with van der Waals surface area (Å²) in [4.78, 5) is 12.2. The standard InChI is InChI=1S/C14H19NO2/c1-2-17-13-7-5-11(6-8-13)14(16)12-4-3-9-15-10-12/h5-8,12,15H,2-4,9-10H2,1H3. The first-order valence-corrected chi connectivity index (χ1v) is 6.29. The van der Waals surface area contributed by atoms with Crippen molar-refractivity contribution in [3.8, 4) is 5.75 Å². The summed E-state index contributed by atoms with van der Waals surface area (Å²) in [5.74, 6) is 1.22. The van der Waals surface area contributed by atoms with Crippen LogP contribution in [0.15, 0.2) is 24.3 Å². The summed E-state index contributed by atoms with van der Waals surface area (Å²) in [5, 5.41) is 3.27. The lowest BCUT2D eigenvalue weighted by Crippen LogP contribution is -2.34. The highest BCUT2D eigenvalue weighted by molar-refractivity contribution is 5.98. The van der Waals surface area contributed by atoms with E-state index in [1.54, 1.807) is 0 Å². The predicted octanol–water partition coefficient (Wildman–Crippen LogP) is 2.27. The Hall–Kier alpha value is -1.35. The van der Waals surface area contributed by atoms with Crippen LogP contribution in [0.4, 0.5) is 0 Å². The molecule has 1 N–H and O–H groups in total. The van der Waals surface area contributed by atoms with E-state index >= 15 is 0 Å². The Bertz CT molecular complexity index is 366. The fraction of sp³-hybridized carbons (Fsp3) is 0.500. The van der Waals surface area contributed by atoms with Crippen LogP contribution >= 0.6 is 0 Å². The lowest BCUT2D eigenvalue weighted by atomic mass is 9.91. The molecule has 0 bridgehead atoms. The molecular formula is C14H19NO2. The van der Waals surface area contributed by atoms with Gasteiger partial charge in [-0.15, -0.1) is 0 Å². The van der Waals surface area contributed by atoms with Crippen molar-refractivity contribution >= 4 is 5.78 Å². The number of piperidine rings is 1. The van der Waals surface area contributed by atoms with Crippen molar-refractivity contribution in [2.45, 2.75) is 19.8 Å². The van der Waals surface area contributed by atoms with Crippen LogP contribution in [0, 0.1) is 5.92 Å². The van der Waals surface area contributed by atoms with E-state index in [-0.39, 0.29) is 11.7 Å². The molecule has 3 nitrogen and oxygen atoms in total. The minimum absolute atomic E-state index is 0.140. The van der Waals surface area contributed by atoms with Gasteiger partial charge in [0.1, 0.15) is 5.75 Å². The van der Waals surface area contributed by atoms with Gasteiger partial charge in [-0.3, -0.25) is 4.79 Å². The number of benzene rings is 1. The van der Waals surface area contributed by atoms with E-state index in [2.05, 4.69) is 5.32 Å². The molecule has 1 aromatic rings. The van der Waals surface area contributed by atoms with Gasteiger partial charge in [-0.1, -0.05) is 0 Å². The smallest absolute Gasteiger partial charge is 0.167 e. The zero-order chi connectivity index (χ0) is 12.1. The van der Waals surface area contributed by atoms with Crippen LogP contribution in [0.5, 0.6) is 5.75 Å². The number of Topliss-reactive ketones (excluding diaryl/α,β-unsaturated/α-hetero) is 1. The second-order valence-electron chi connectivity index (χ2n) is 4.36. The zero-order valence-corrected chi connectivity index (χ0v) is 10.2. The van der Waals surface area contributed by atoms with Gasteiger partial charge in [0.2, 0.25) is 0 Å². The van der Waals surface area contributed by atoms with Gasteiger partial charge in [0, 0.05) is 18.0 Å². The van der Waals surface area contributed by atoms with Crippen molar-refractivity contribution in [2.75, 3.05) is 19.7 Å². The maximum absolute atomic E-state index is 12.2. The zero-order valence-electron chi connectivity index (χ0n) is 10.2. The summed E-state index contributed by atoms with van der Waals surface area (Å²) in [6.07, 6.45) is 2.09. The molecule has 0 radical (unpaired) electrons. The molecule has 0 aliphatic carbocycles. The van der Waals surface area contributed by atoms with Crippen molar-refractivity contribution in [1.82, 2.24) is 5.32 Å². The van der Waals surface area contributed by atoms with Crippen LogP contribution in [0.3, 0.4) is 0 Å². The molecule has 3 heteroatoms. The Morgan fingerprint density at radius 1 is 1.41 bits per heavy atom. The quantitative estimate of drug-likeness (QED) is 0.811. The SMILES string of the molecule is CCOc1ccc(C(=O)C2CCCNC2)cc1. The molecule has 0 spiro atoms. The Kier molecular flexibility index (Phi) is 4.15. The third-order valence-electron chi connectivity index (χ3n) is 3.12. The minimum Gasteiger partial charge on any atom is -0.494 e. The first-order chi connectivity index (χ1) is 8.31. The van der Waals surface area contributed by atoms with Crippen molar-refractivity contribution in [2.24, 2.45) is 5.92 Å². The predicted molar refractivity (Wildman–Crippen MR) is 67.5 cm³/mol. The molecule has 1 saturated heterocycles. The minimum atomic E-state index is 0.140. The van der Waals surface area contributed by atoms with Crippen LogP contribution in [0.25, 0.3) is 0 Å². The third kappa shape index (κ3) is 3.07. The molecule has 1 heterocycles. The number of hydrogen-bond donors (Lipinski definition) is 1. The number of hydrogen-bond acceptors (Lipinski definition) is 3. The first kappa shape index (κ1) is 12.1. The summed E-state index contributed by atoms with van der Waals surface area (Å²) in [7, 11) is 0. The van der Waals surface area contributed by atoms with E-state index in [0.29, 0.717) is 6.61 Å². The highest BCUT2D eigenvalue weighted by Crippen LogP contribution is 2.19. The van der Waals surface area contributed by atoms with Gasteiger partial charge in [-0.05, 0) is 50.6 Å². The summed E-state index contributed by atoms with van der Waals surface area (Å²) in [6, 6.07) is 7.46. The number of ether oxygens (including phenoxy) is 1. The Labute approximate surface area is 102 Å². The van der Waals surface area contributed by atoms with Crippen LogP contribution in [0.2, 0.25) is 0 Å². The molecule has 0 saturated carbocycles. The van der Waals surface area contributed by atoms with Crippen molar-refractivity contribution in [3.63, 3.8) is 0 Å². The van der Waals surface area contributed by atoms with E-state index in [1.807, 2.05) is 31.2 Å². The highest BCUT2D eigenvalue weighted by atomic mass is 16.5. The lowest BCUT2D eigenvalue weighted by Gasteiger charge is -2.21. The maximum Gasteiger partial charge on any atom is 0.167 e. The Morgan fingerprint density at radius 2 is 2.18 bits per heavy atom. The molecule has 17 heavy (non-hydrogen) atoms. The maximum atomic E-state index is 12.2. The molecule has 1 aromatic carbocycles. The van der Waals surface area contributed by atoms with Crippen molar-refractivity contribution in [1.29, 1.82) is 0 Å². The van der Waals surface area contributed by atoms with E-state index in [4.69, 9.17) is 4.74 Å². The second-order valence-corrected chi connectivity index (χ2v) is 4.36. The molecule has 1 aliphatic heterocycles.